The third kappa shape index (κ3) is 1.76. The van der Waals surface area contributed by atoms with Gasteiger partial charge in [-0.25, -0.2) is 4.98 Å². The van der Waals surface area contributed by atoms with Crippen molar-refractivity contribution in [2.75, 3.05) is 12.8 Å². The molecule has 1 heterocycles. The summed E-state index contributed by atoms with van der Waals surface area (Å²) in [6.45, 7) is 0. The van der Waals surface area contributed by atoms with Crippen molar-refractivity contribution in [3.05, 3.63) is 24.1 Å². The molecule has 0 bridgehead atoms. The quantitative estimate of drug-likeness (QED) is 0.588. The Labute approximate surface area is 85.8 Å². The van der Waals surface area contributed by atoms with Gasteiger partial charge in [-0.05, 0) is 12.1 Å². The summed E-state index contributed by atoms with van der Waals surface area (Å²) >= 11 is 0. The molecule has 0 radical (unpaired) electrons. The number of hydrogen-bond acceptors (Lipinski definition) is 5. The molecule has 0 aliphatic rings. The lowest BCUT2D eigenvalue weighted by Gasteiger charge is -1.92. The minimum atomic E-state index is -0.389. The van der Waals surface area contributed by atoms with Gasteiger partial charge in [0.25, 0.3) is 0 Å². The molecule has 2 aromatic rings. The van der Waals surface area contributed by atoms with E-state index in [1.165, 1.54) is 7.11 Å². The summed E-state index contributed by atoms with van der Waals surface area (Å²) in [5, 5.41) is 0. The Morgan fingerprint density at radius 3 is 3.07 bits per heavy atom. The molecule has 0 atom stereocenters. The van der Waals surface area contributed by atoms with Gasteiger partial charge in [0, 0.05) is 0 Å². The first-order valence-electron chi connectivity index (χ1n) is 4.41. The first-order chi connectivity index (χ1) is 7.20. The van der Waals surface area contributed by atoms with Gasteiger partial charge in [-0.1, -0.05) is 6.07 Å². The van der Waals surface area contributed by atoms with Crippen LogP contribution in [0.2, 0.25) is 0 Å². The van der Waals surface area contributed by atoms with Crippen LogP contribution in [0.4, 0.5) is 5.69 Å². The zero-order valence-electron chi connectivity index (χ0n) is 8.19. The number of nitrogens with two attached hydrogens (primary N) is 1. The summed E-state index contributed by atoms with van der Waals surface area (Å²) in [5.74, 6) is -0.0742. The second-order valence-electron chi connectivity index (χ2n) is 3.05. The standard InChI is InChI=1S/C10H10N2O3/c1-14-9(13)5-8-12-10-6(11)3-2-4-7(10)15-8/h2-4H,5,11H2,1H3. The Morgan fingerprint density at radius 2 is 2.40 bits per heavy atom. The fourth-order valence-corrected chi connectivity index (χ4v) is 1.29. The van der Waals surface area contributed by atoms with E-state index in [1.54, 1.807) is 18.2 Å². The van der Waals surface area contributed by atoms with Gasteiger partial charge in [0.2, 0.25) is 5.89 Å². The SMILES string of the molecule is COC(=O)Cc1nc2c(N)cccc2o1. The molecule has 0 aliphatic carbocycles. The number of nitrogens with zero attached hydrogens (tertiary/aromatic N) is 1. The van der Waals surface area contributed by atoms with Gasteiger partial charge < -0.3 is 14.9 Å². The van der Waals surface area contributed by atoms with Crippen LogP contribution in [0.25, 0.3) is 11.1 Å². The highest BCUT2D eigenvalue weighted by atomic mass is 16.5. The Morgan fingerprint density at radius 1 is 1.60 bits per heavy atom. The lowest BCUT2D eigenvalue weighted by molar-refractivity contribution is -0.140. The molecule has 5 nitrogen and oxygen atoms in total. The van der Waals surface area contributed by atoms with Crippen LogP contribution in [-0.4, -0.2) is 18.1 Å². The summed E-state index contributed by atoms with van der Waals surface area (Å²) < 4.78 is 9.84. The van der Waals surface area contributed by atoms with Gasteiger partial charge >= 0.3 is 5.97 Å². The molecule has 1 aromatic heterocycles. The van der Waals surface area contributed by atoms with E-state index in [-0.39, 0.29) is 12.4 Å². The molecule has 0 fully saturated rings. The van der Waals surface area contributed by atoms with Gasteiger partial charge in [-0.3, -0.25) is 4.79 Å². The maximum Gasteiger partial charge on any atom is 0.314 e. The fraction of sp³-hybridized carbons (Fsp3) is 0.200. The average Bonchev–Trinajstić information content (AvgIpc) is 2.62. The van der Waals surface area contributed by atoms with E-state index in [0.717, 1.165) is 0 Å². The molecule has 0 spiro atoms. The number of para-hydroxylation sites is 1. The van der Waals surface area contributed by atoms with Crippen molar-refractivity contribution in [3.8, 4) is 0 Å². The Balaban J connectivity index is 2.39. The summed E-state index contributed by atoms with van der Waals surface area (Å²) in [7, 11) is 1.32. The smallest absolute Gasteiger partial charge is 0.314 e. The number of carbonyl (C=O) groups excluding carboxylic acids is 1. The van der Waals surface area contributed by atoms with E-state index in [9.17, 15) is 4.79 Å². The van der Waals surface area contributed by atoms with Crippen LogP contribution in [0.5, 0.6) is 0 Å². The molecule has 78 valence electrons. The molecule has 0 saturated heterocycles. The van der Waals surface area contributed by atoms with E-state index in [2.05, 4.69) is 9.72 Å². The third-order valence-electron chi connectivity index (χ3n) is 2.02. The van der Waals surface area contributed by atoms with Crippen molar-refractivity contribution >= 4 is 22.8 Å². The summed E-state index contributed by atoms with van der Waals surface area (Å²) in [6.07, 6.45) is 0.0185. The number of anilines is 1. The van der Waals surface area contributed by atoms with Crippen LogP contribution in [0.1, 0.15) is 5.89 Å². The normalized spacial score (nSPS) is 10.5. The van der Waals surface area contributed by atoms with Crippen molar-refractivity contribution in [2.24, 2.45) is 0 Å². The van der Waals surface area contributed by atoms with Crippen molar-refractivity contribution in [2.45, 2.75) is 6.42 Å². The zero-order chi connectivity index (χ0) is 10.8. The topological polar surface area (TPSA) is 78.3 Å². The van der Waals surface area contributed by atoms with Gasteiger partial charge in [-0.2, -0.15) is 0 Å². The summed E-state index contributed by atoms with van der Waals surface area (Å²) in [5.41, 5.74) is 7.39. The minimum Gasteiger partial charge on any atom is -0.469 e. The van der Waals surface area contributed by atoms with Crippen LogP contribution >= 0.6 is 0 Å². The fourth-order valence-electron chi connectivity index (χ4n) is 1.29. The number of rotatable bonds is 2. The molecule has 15 heavy (non-hydrogen) atoms. The van der Waals surface area contributed by atoms with E-state index >= 15 is 0 Å². The molecular weight excluding hydrogens is 196 g/mol. The monoisotopic (exact) mass is 206 g/mol. The molecule has 0 unspecified atom stereocenters. The van der Waals surface area contributed by atoms with E-state index in [1.807, 2.05) is 0 Å². The molecule has 0 saturated carbocycles. The van der Waals surface area contributed by atoms with E-state index in [0.29, 0.717) is 22.7 Å². The third-order valence-corrected chi connectivity index (χ3v) is 2.02. The number of oxazole rings is 1. The van der Waals surface area contributed by atoms with Crippen LogP contribution in [0.3, 0.4) is 0 Å². The number of esters is 1. The van der Waals surface area contributed by atoms with Crippen molar-refractivity contribution in [3.63, 3.8) is 0 Å². The predicted octanol–water partition coefficient (Wildman–Crippen LogP) is 1.13. The van der Waals surface area contributed by atoms with E-state index < -0.39 is 0 Å². The van der Waals surface area contributed by atoms with Crippen molar-refractivity contribution < 1.29 is 13.9 Å². The molecular formula is C10H10N2O3. The number of methoxy groups -OCH3 is 1. The maximum absolute atomic E-state index is 11.0. The molecule has 5 heteroatoms. The number of benzene rings is 1. The van der Waals surface area contributed by atoms with Crippen LogP contribution in [0.15, 0.2) is 22.6 Å². The molecule has 0 aliphatic heterocycles. The summed E-state index contributed by atoms with van der Waals surface area (Å²) in [4.78, 5) is 15.1. The van der Waals surface area contributed by atoms with Gasteiger partial charge in [0.1, 0.15) is 11.9 Å². The number of hydrogen-bond donors (Lipinski definition) is 1. The molecule has 1 aromatic carbocycles. The summed E-state index contributed by atoms with van der Waals surface area (Å²) in [6, 6.07) is 5.25. The Hall–Kier alpha value is -2.04. The highest BCUT2D eigenvalue weighted by molar-refractivity contribution is 5.85. The number of fused-ring (bicyclic) bond motifs is 1. The van der Waals surface area contributed by atoms with Crippen LogP contribution in [0, 0.1) is 0 Å². The van der Waals surface area contributed by atoms with Crippen molar-refractivity contribution in [1.29, 1.82) is 0 Å². The van der Waals surface area contributed by atoms with Gasteiger partial charge in [0.15, 0.2) is 5.58 Å². The number of nitrogen functional groups attached to an aromatic ring is 1. The molecule has 2 N–H and O–H groups in total. The van der Waals surface area contributed by atoms with Crippen molar-refractivity contribution in [1.82, 2.24) is 4.98 Å². The van der Waals surface area contributed by atoms with Crippen LogP contribution in [-0.2, 0) is 16.0 Å². The first kappa shape index (κ1) is 9.51. The van der Waals surface area contributed by atoms with Crippen LogP contribution < -0.4 is 5.73 Å². The Bertz CT molecular complexity index is 504. The lowest BCUT2D eigenvalue weighted by Crippen LogP contribution is -2.04. The lowest BCUT2D eigenvalue weighted by atomic mass is 10.3. The molecule has 2 rings (SSSR count). The maximum atomic E-state index is 11.0. The van der Waals surface area contributed by atoms with E-state index in [4.69, 9.17) is 10.2 Å². The number of carbonyl (C=O) groups is 1. The second-order valence-corrected chi connectivity index (χ2v) is 3.05. The Kier molecular flexibility index (Phi) is 2.29. The average molecular weight is 206 g/mol. The van der Waals surface area contributed by atoms with Gasteiger partial charge in [-0.15, -0.1) is 0 Å². The largest absolute Gasteiger partial charge is 0.469 e. The van der Waals surface area contributed by atoms with Gasteiger partial charge in [0.05, 0.1) is 12.8 Å². The first-order valence-corrected chi connectivity index (χ1v) is 4.41. The predicted molar refractivity (Wildman–Crippen MR) is 54.1 cm³/mol. The molecule has 0 amide bonds. The number of ether oxygens (including phenoxy) is 1. The minimum absolute atomic E-state index is 0.0185. The highest BCUT2D eigenvalue weighted by Crippen LogP contribution is 2.21. The number of aromatic nitrogens is 1. The zero-order valence-corrected chi connectivity index (χ0v) is 8.19. The second kappa shape index (κ2) is 3.61. The highest BCUT2D eigenvalue weighted by Gasteiger charge is 2.11.